The van der Waals surface area contributed by atoms with Crippen LogP contribution in [-0.4, -0.2) is 40.4 Å². The normalized spacial score (nSPS) is 19.7. The summed E-state index contributed by atoms with van der Waals surface area (Å²) in [6.07, 6.45) is 0.800. The summed E-state index contributed by atoms with van der Waals surface area (Å²) < 4.78 is 0. The molecule has 0 radical (unpaired) electrons. The van der Waals surface area contributed by atoms with Gasteiger partial charge in [0.1, 0.15) is 6.04 Å². The lowest BCUT2D eigenvalue weighted by Gasteiger charge is -2.10. The van der Waals surface area contributed by atoms with Gasteiger partial charge in [-0.2, -0.15) is 0 Å². The Morgan fingerprint density at radius 1 is 1.56 bits per heavy atom. The Morgan fingerprint density at radius 3 is 3.11 bits per heavy atom. The van der Waals surface area contributed by atoms with Crippen LogP contribution in [0.25, 0.3) is 11.0 Å². The van der Waals surface area contributed by atoms with Gasteiger partial charge in [-0.15, -0.1) is 0 Å². The number of rotatable bonds is 2. The summed E-state index contributed by atoms with van der Waals surface area (Å²) in [4.78, 5) is 21.0. The number of nitrogens with one attached hydrogen (secondary N) is 2. The number of H-pyrrole nitrogens is 1. The number of nitrogens with two attached hydrogens (primary N) is 1. The van der Waals surface area contributed by atoms with E-state index in [4.69, 9.17) is 5.73 Å². The van der Waals surface area contributed by atoms with Crippen molar-refractivity contribution >= 4 is 28.6 Å². The van der Waals surface area contributed by atoms with E-state index in [9.17, 15) is 4.79 Å². The second-order valence-electron chi connectivity index (χ2n) is 4.61. The number of hydrogen-bond donors (Lipinski definition) is 3. The maximum Gasteiger partial charge on any atom is 0.244 e. The molecule has 1 atom stereocenters. The maximum atomic E-state index is 11.8. The molecule has 18 heavy (non-hydrogen) atoms. The molecule has 0 bridgehead atoms. The Morgan fingerprint density at radius 2 is 2.39 bits per heavy atom. The van der Waals surface area contributed by atoms with E-state index < -0.39 is 0 Å². The molecule has 2 heterocycles. The highest BCUT2D eigenvalue weighted by molar-refractivity contribution is 5.87. The average Bonchev–Trinajstić information content (AvgIpc) is 2.86. The van der Waals surface area contributed by atoms with Gasteiger partial charge in [-0.3, -0.25) is 4.79 Å². The van der Waals surface area contributed by atoms with Crippen LogP contribution in [-0.2, 0) is 4.79 Å². The Bertz CT molecular complexity index is 606. The van der Waals surface area contributed by atoms with Gasteiger partial charge in [-0.05, 0) is 24.6 Å². The van der Waals surface area contributed by atoms with Gasteiger partial charge < -0.3 is 20.9 Å². The van der Waals surface area contributed by atoms with E-state index in [0.29, 0.717) is 11.6 Å². The number of benzene rings is 1. The van der Waals surface area contributed by atoms with Crippen molar-refractivity contribution in [3.63, 3.8) is 0 Å². The smallest absolute Gasteiger partial charge is 0.244 e. The van der Waals surface area contributed by atoms with Crippen molar-refractivity contribution in [2.75, 3.05) is 24.6 Å². The van der Waals surface area contributed by atoms with Crippen molar-refractivity contribution in [1.29, 1.82) is 0 Å². The van der Waals surface area contributed by atoms with E-state index in [1.807, 2.05) is 19.2 Å². The minimum Gasteiger partial charge on any atom is -0.399 e. The summed E-state index contributed by atoms with van der Waals surface area (Å²) in [5.41, 5.74) is 8.11. The van der Waals surface area contributed by atoms with Crippen LogP contribution in [0.2, 0.25) is 0 Å². The molecule has 1 aliphatic rings. The molecule has 1 aromatic heterocycles. The van der Waals surface area contributed by atoms with E-state index in [2.05, 4.69) is 15.3 Å². The largest absolute Gasteiger partial charge is 0.399 e. The zero-order valence-electron chi connectivity index (χ0n) is 10.1. The van der Waals surface area contributed by atoms with Gasteiger partial charge in [0.25, 0.3) is 0 Å². The molecule has 0 aliphatic carbocycles. The van der Waals surface area contributed by atoms with Crippen LogP contribution in [0.1, 0.15) is 6.42 Å². The first kappa shape index (κ1) is 10.9. The van der Waals surface area contributed by atoms with Gasteiger partial charge in [0.2, 0.25) is 11.9 Å². The molecule has 4 N–H and O–H groups in total. The van der Waals surface area contributed by atoms with Gasteiger partial charge in [0.05, 0.1) is 11.0 Å². The first-order valence-corrected chi connectivity index (χ1v) is 5.90. The molecule has 94 valence electrons. The number of nitrogen functional groups attached to an aromatic ring is 1. The van der Waals surface area contributed by atoms with E-state index in [0.717, 1.165) is 24.0 Å². The number of aromatic amines is 1. The van der Waals surface area contributed by atoms with Crippen LogP contribution in [0.3, 0.4) is 0 Å². The molecule has 1 saturated heterocycles. The molecule has 1 amide bonds. The highest BCUT2D eigenvalue weighted by Crippen LogP contribution is 2.19. The van der Waals surface area contributed by atoms with Crippen molar-refractivity contribution in [3.8, 4) is 0 Å². The van der Waals surface area contributed by atoms with Gasteiger partial charge in [-0.1, -0.05) is 0 Å². The number of carbonyl (C=O) groups excluding carboxylic acids is 1. The third-order valence-electron chi connectivity index (χ3n) is 3.24. The lowest BCUT2D eigenvalue weighted by Crippen LogP contribution is -2.31. The minimum atomic E-state index is -0.187. The molecular formula is C12H15N5O. The van der Waals surface area contributed by atoms with Crippen molar-refractivity contribution in [1.82, 2.24) is 14.9 Å². The first-order chi connectivity index (χ1) is 8.63. The molecule has 0 spiro atoms. The zero-order chi connectivity index (χ0) is 12.7. The summed E-state index contributed by atoms with van der Waals surface area (Å²) in [6, 6.07) is 5.31. The van der Waals surface area contributed by atoms with Crippen molar-refractivity contribution in [2.24, 2.45) is 0 Å². The molecule has 1 unspecified atom stereocenters. The Hall–Kier alpha value is -2.24. The predicted octanol–water partition coefficient (Wildman–Crippen LogP) is 0.788. The standard InChI is InChI=1S/C12H15N5O/c1-17-5-4-9(11(17)18)15-12-14-8-3-2-7(13)6-10(8)16-12/h2-3,6,9H,4-5,13H2,1H3,(H2,14,15,16). The number of amides is 1. The van der Waals surface area contributed by atoms with E-state index in [1.54, 1.807) is 11.0 Å². The summed E-state index contributed by atoms with van der Waals surface area (Å²) >= 11 is 0. The number of likely N-dealkylation sites (tertiary alicyclic amines) is 1. The fourth-order valence-electron chi connectivity index (χ4n) is 2.22. The maximum absolute atomic E-state index is 11.8. The summed E-state index contributed by atoms with van der Waals surface area (Å²) in [7, 11) is 1.81. The van der Waals surface area contributed by atoms with E-state index in [1.165, 1.54) is 0 Å². The predicted molar refractivity (Wildman–Crippen MR) is 70.2 cm³/mol. The lowest BCUT2D eigenvalue weighted by atomic mass is 10.2. The van der Waals surface area contributed by atoms with Crippen LogP contribution < -0.4 is 11.1 Å². The molecule has 1 aromatic carbocycles. The number of carbonyl (C=O) groups is 1. The van der Waals surface area contributed by atoms with Crippen molar-refractivity contribution in [2.45, 2.75) is 12.5 Å². The van der Waals surface area contributed by atoms with Crippen LogP contribution in [0.15, 0.2) is 18.2 Å². The number of nitrogens with zero attached hydrogens (tertiary/aromatic N) is 2. The lowest BCUT2D eigenvalue weighted by molar-refractivity contribution is -0.127. The van der Waals surface area contributed by atoms with Crippen molar-refractivity contribution in [3.05, 3.63) is 18.2 Å². The molecular weight excluding hydrogens is 230 g/mol. The second-order valence-corrected chi connectivity index (χ2v) is 4.61. The first-order valence-electron chi connectivity index (χ1n) is 5.90. The molecule has 1 fully saturated rings. The molecule has 6 heteroatoms. The minimum absolute atomic E-state index is 0.106. The number of likely N-dealkylation sites (N-methyl/N-ethyl adjacent to an activating group) is 1. The molecule has 2 aromatic rings. The van der Waals surface area contributed by atoms with Gasteiger partial charge in [0, 0.05) is 19.3 Å². The third-order valence-corrected chi connectivity index (χ3v) is 3.24. The molecule has 6 nitrogen and oxygen atoms in total. The van der Waals surface area contributed by atoms with Crippen LogP contribution in [0.4, 0.5) is 11.6 Å². The summed E-state index contributed by atoms with van der Waals surface area (Å²) in [5.74, 6) is 0.722. The quantitative estimate of drug-likeness (QED) is 0.683. The van der Waals surface area contributed by atoms with Crippen molar-refractivity contribution < 1.29 is 4.79 Å². The van der Waals surface area contributed by atoms with Gasteiger partial charge in [-0.25, -0.2) is 4.98 Å². The molecule has 3 rings (SSSR count). The number of aromatic nitrogens is 2. The fraction of sp³-hybridized carbons (Fsp3) is 0.333. The van der Waals surface area contributed by atoms with Gasteiger partial charge >= 0.3 is 0 Å². The highest BCUT2D eigenvalue weighted by Gasteiger charge is 2.29. The second kappa shape index (κ2) is 3.90. The monoisotopic (exact) mass is 245 g/mol. The highest BCUT2D eigenvalue weighted by atomic mass is 16.2. The van der Waals surface area contributed by atoms with Crippen LogP contribution >= 0.6 is 0 Å². The van der Waals surface area contributed by atoms with Crippen LogP contribution in [0, 0.1) is 0 Å². The Kier molecular flexibility index (Phi) is 2.36. The van der Waals surface area contributed by atoms with Crippen LogP contribution in [0.5, 0.6) is 0 Å². The van der Waals surface area contributed by atoms with E-state index in [-0.39, 0.29) is 11.9 Å². The zero-order valence-corrected chi connectivity index (χ0v) is 10.1. The molecule has 1 aliphatic heterocycles. The summed E-state index contributed by atoms with van der Waals surface area (Å²) in [5, 5.41) is 3.13. The number of anilines is 2. The number of imidazole rings is 1. The Balaban J connectivity index is 1.85. The van der Waals surface area contributed by atoms with E-state index >= 15 is 0 Å². The summed E-state index contributed by atoms with van der Waals surface area (Å²) in [6.45, 7) is 0.781. The Labute approximate surface area is 104 Å². The topological polar surface area (TPSA) is 87.0 Å². The third kappa shape index (κ3) is 1.75. The number of fused-ring (bicyclic) bond motifs is 1. The SMILES string of the molecule is CN1CCC(Nc2nc3ccc(N)cc3[nH]2)C1=O. The molecule has 0 saturated carbocycles. The number of hydrogen-bond acceptors (Lipinski definition) is 4. The fourth-order valence-corrected chi connectivity index (χ4v) is 2.22. The average molecular weight is 245 g/mol. The van der Waals surface area contributed by atoms with Gasteiger partial charge in [0.15, 0.2) is 0 Å².